The lowest BCUT2D eigenvalue weighted by molar-refractivity contribution is 0.330. The number of hydrogen-bond acceptors (Lipinski definition) is 2. The molecule has 0 aliphatic heterocycles. The molecule has 2 nitrogen and oxygen atoms in total. The molecule has 0 aliphatic rings. The first-order chi connectivity index (χ1) is 10.1. The SMILES string of the molecule is COc1c(C)cc(CN(C)CCc2ccccc2)cc1C. The normalized spacial score (nSPS) is 10.9. The third-order valence-corrected chi connectivity index (χ3v) is 3.80. The van der Waals surface area contributed by atoms with Crippen molar-refractivity contribution in [2.45, 2.75) is 26.8 Å². The zero-order valence-electron chi connectivity index (χ0n) is 13.5. The largest absolute Gasteiger partial charge is 0.496 e. The van der Waals surface area contributed by atoms with Crippen molar-refractivity contribution in [3.05, 3.63) is 64.7 Å². The second-order valence-electron chi connectivity index (χ2n) is 5.74. The molecule has 0 atom stereocenters. The quantitative estimate of drug-likeness (QED) is 0.795. The highest BCUT2D eigenvalue weighted by molar-refractivity contribution is 5.43. The number of aryl methyl sites for hydroxylation is 2. The fourth-order valence-corrected chi connectivity index (χ4v) is 2.81. The number of benzene rings is 2. The van der Waals surface area contributed by atoms with E-state index in [0.717, 1.165) is 25.3 Å². The van der Waals surface area contributed by atoms with Crippen LogP contribution in [0.25, 0.3) is 0 Å². The molecule has 2 aromatic rings. The lowest BCUT2D eigenvalue weighted by atomic mass is 10.1. The Labute approximate surface area is 128 Å². The maximum Gasteiger partial charge on any atom is 0.124 e. The van der Waals surface area contributed by atoms with Crippen molar-refractivity contribution in [2.75, 3.05) is 20.7 Å². The van der Waals surface area contributed by atoms with E-state index in [1.807, 2.05) is 0 Å². The summed E-state index contributed by atoms with van der Waals surface area (Å²) in [6.07, 6.45) is 1.09. The molecule has 0 amide bonds. The fourth-order valence-electron chi connectivity index (χ4n) is 2.81. The highest BCUT2D eigenvalue weighted by Crippen LogP contribution is 2.24. The van der Waals surface area contributed by atoms with Crippen LogP contribution in [0.5, 0.6) is 5.75 Å². The molecule has 0 fully saturated rings. The number of rotatable bonds is 6. The molecular formula is C19H25NO. The Hall–Kier alpha value is -1.80. The highest BCUT2D eigenvalue weighted by atomic mass is 16.5. The molecule has 0 N–H and O–H groups in total. The van der Waals surface area contributed by atoms with Crippen molar-refractivity contribution in [3.8, 4) is 5.75 Å². The van der Waals surface area contributed by atoms with Gasteiger partial charge in [0.15, 0.2) is 0 Å². The molecule has 112 valence electrons. The topological polar surface area (TPSA) is 12.5 Å². The lowest BCUT2D eigenvalue weighted by Gasteiger charge is -2.18. The Bertz CT molecular complexity index is 554. The van der Waals surface area contributed by atoms with Crippen LogP contribution in [0.2, 0.25) is 0 Å². The zero-order chi connectivity index (χ0) is 15.2. The molecule has 0 bridgehead atoms. The third kappa shape index (κ3) is 4.33. The molecule has 0 aliphatic carbocycles. The number of ether oxygens (including phenoxy) is 1. The van der Waals surface area contributed by atoms with Gasteiger partial charge in [0.25, 0.3) is 0 Å². The van der Waals surface area contributed by atoms with Crippen LogP contribution >= 0.6 is 0 Å². The summed E-state index contributed by atoms with van der Waals surface area (Å²) in [5.74, 6) is 1.01. The van der Waals surface area contributed by atoms with Gasteiger partial charge in [0.05, 0.1) is 7.11 Å². The summed E-state index contributed by atoms with van der Waals surface area (Å²) in [5, 5.41) is 0. The lowest BCUT2D eigenvalue weighted by Crippen LogP contribution is -2.20. The van der Waals surface area contributed by atoms with E-state index in [2.05, 4.69) is 68.3 Å². The third-order valence-electron chi connectivity index (χ3n) is 3.80. The molecule has 0 unspecified atom stereocenters. The van der Waals surface area contributed by atoms with Crippen LogP contribution in [0.3, 0.4) is 0 Å². The molecule has 2 rings (SSSR count). The van der Waals surface area contributed by atoms with Gasteiger partial charge in [-0.05, 0) is 49.6 Å². The first-order valence-electron chi connectivity index (χ1n) is 7.46. The van der Waals surface area contributed by atoms with Gasteiger partial charge in [-0.25, -0.2) is 0 Å². The van der Waals surface area contributed by atoms with E-state index in [-0.39, 0.29) is 0 Å². The standard InChI is InChI=1S/C19H25NO/c1-15-12-18(13-16(2)19(15)21-4)14-20(3)11-10-17-8-6-5-7-9-17/h5-9,12-13H,10-11,14H2,1-4H3. The summed E-state index contributed by atoms with van der Waals surface area (Å²) in [6, 6.07) is 15.1. The summed E-state index contributed by atoms with van der Waals surface area (Å²) < 4.78 is 5.43. The van der Waals surface area contributed by atoms with Crippen molar-refractivity contribution in [3.63, 3.8) is 0 Å². The zero-order valence-corrected chi connectivity index (χ0v) is 13.5. The molecule has 21 heavy (non-hydrogen) atoms. The van der Waals surface area contributed by atoms with Crippen LogP contribution in [0, 0.1) is 13.8 Å². The molecule has 0 heterocycles. The molecule has 0 saturated heterocycles. The van der Waals surface area contributed by atoms with E-state index < -0.39 is 0 Å². The van der Waals surface area contributed by atoms with Gasteiger partial charge in [-0.3, -0.25) is 0 Å². The van der Waals surface area contributed by atoms with E-state index in [4.69, 9.17) is 4.74 Å². The Kier molecular flexibility index (Phi) is 5.40. The van der Waals surface area contributed by atoms with Gasteiger partial charge < -0.3 is 9.64 Å². The maximum absolute atomic E-state index is 5.43. The van der Waals surface area contributed by atoms with Crippen LogP contribution in [0.4, 0.5) is 0 Å². The van der Waals surface area contributed by atoms with Crippen LogP contribution in [-0.2, 0) is 13.0 Å². The van der Waals surface area contributed by atoms with Crippen molar-refractivity contribution < 1.29 is 4.74 Å². The molecule has 0 spiro atoms. The molecule has 0 aromatic heterocycles. The molecule has 2 aromatic carbocycles. The average molecular weight is 283 g/mol. The predicted octanol–water partition coefficient (Wildman–Crippen LogP) is 3.99. The van der Waals surface area contributed by atoms with Gasteiger partial charge in [0.2, 0.25) is 0 Å². The Morgan fingerprint density at radius 1 is 0.952 bits per heavy atom. The summed E-state index contributed by atoms with van der Waals surface area (Å²) in [5.41, 5.74) is 5.17. The average Bonchev–Trinajstić information content (AvgIpc) is 2.46. The van der Waals surface area contributed by atoms with E-state index in [0.29, 0.717) is 0 Å². The predicted molar refractivity (Wildman–Crippen MR) is 88.9 cm³/mol. The summed E-state index contributed by atoms with van der Waals surface area (Å²) >= 11 is 0. The first-order valence-corrected chi connectivity index (χ1v) is 7.46. The Morgan fingerprint density at radius 2 is 1.57 bits per heavy atom. The number of methoxy groups -OCH3 is 1. The monoisotopic (exact) mass is 283 g/mol. The highest BCUT2D eigenvalue weighted by Gasteiger charge is 2.07. The van der Waals surface area contributed by atoms with Gasteiger partial charge in [-0.15, -0.1) is 0 Å². The van der Waals surface area contributed by atoms with Crippen LogP contribution in [-0.4, -0.2) is 25.6 Å². The van der Waals surface area contributed by atoms with Crippen LogP contribution in [0.15, 0.2) is 42.5 Å². The van der Waals surface area contributed by atoms with Gasteiger partial charge in [-0.1, -0.05) is 42.5 Å². The van der Waals surface area contributed by atoms with E-state index in [9.17, 15) is 0 Å². The van der Waals surface area contributed by atoms with Crippen LogP contribution in [0.1, 0.15) is 22.3 Å². The van der Waals surface area contributed by atoms with Crippen molar-refractivity contribution in [1.82, 2.24) is 4.90 Å². The van der Waals surface area contributed by atoms with E-state index >= 15 is 0 Å². The molecule has 0 saturated carbocycles. The van der Waals surface area contributed by atoms with Gasteiger partial charge in [0.1, 0.15) is 5.75 Å². The minimum atomic E-state index is 0.971. The van der Waals surface area contributed by atoms with Crippen LogP contribution < -0.4 is 4.74 Å². The van der Waals surface area contributed by atoms with Crippen molar-refractivity contribution in [1.29, 1.82) is 0 Å². The Balaban J connectivity index is 1.95. The summed E-state index contributed by atoms with van der Waals surface area (Å²) in [4.78, 5) is 2.37. The summed E-state index contributed by atoms with van der Waals surface area (Å²) in [6.45, 7) is 6.26. The minimum Gasteiger partial charge on any atom is -0.496 e. The van der Waals surface area contributed by atoms with E-state index in [1.165, 1.54) is 22.3 Å². The first kappa shape index (κ1) is 15.6. The fraction of sp³-hybridized carbons (Fsp3) is 0.368. The maximum atomic E-state index is 5.43. The summed E-state index contributed by atoms with van der Waals surface area (Å²) in [7, 11) is 3.92. The second kappa shape index (κ2) is 7.28. The number of hydrogen-bond donors (Lipinski definition) is 0. The smallest absolute Gasteiger partial charge is 0.124 e. The van der Waals surface area contributed by atoms with Crippen molar-refractivity contribution in [2.24, 2.45) is 0 Å². The van der Waals surface area contributed by atoms with Gasteiger partial charge in [-0.2, -0.15) is 0 Å². The molecule has 0 radical (unpaired) electrons. The second-order valence-corrected chi connectivity index (χ2v) is 5.74. The molecular weight excluding hydrogens is 258 g/mol. The number of likely N-dealkylation sites (N-methyl/N-ethyl adjacent to an activating group) is 1. The van der Waals surface area contributed by atoms with Gasteiger partial charge >= 0.3 is 0 Å². The van der Waals surface area contributed by atoms with Crippen molar-refractivity contribution >= 4 is 0 Å². The number of nitrogens with zero attached hydrogens (tertiary/aromatic N) is 1. The molecule has 2 heteroatoms. The minimum absolute atomic E-state index is 0.971. The Morgan fingerprint density at radius 3 is 2.14 bits per heavy atom. The van der Waals surface area contributed by atoms with Gasteiger partial charge in [0, 0.05) is 13.1 Å². The van der Waals surface area contributed by atoms with E-state index in [1.54, 1.807) is 7.11 Å².